The molecule has 1 aromatic carbocycles. The maximum absolute atomic E-state index is 11.7. The first-order chi connectivity index (χ1) is 11.2. The number of para-hydroxylation sites is 1. The van der Waals surface area contributed by atoms with Crippen LogP contribution >= 0.6 is 0 Å². The number of rotatable bonds is 3. The molecule has 0 aliphatic carbocycles. The van der Waals surface area contributed by atoms with E-state index in [0.29, 0.717) is 25.3 Å². The van der Waals surface area contributed by atoms with Crippen LogP contribution in [0.15, 0.2) is 29.3 Å². The molecule has 6 heteroatoms. The van der Waals surface area contributed by atoms with E-state index in [1.807, 2.05) is 31.2 Å². The lowest BCUT2D eigenvalue weighted by atomic mass is 10.1. The quantitative estimate of drug-likeness (QED) is 0.855. The molecule has 3 rings (SSSR count). The summed E-state index contributed by atoms with van der Waals surface area (Å²) in [6, 6.07) is 7.89. The maximum Gasteiger partial charge on any atom is 0.409 e. The second kappa shape index (κ2) is 6.73. The number of aromatic hydroxyl groups is 1. The summed E-state index contributed by atoms with van der Waals surface area (Å²) in [4.78, 5) is 20.9. The highest BCUT2D eigenvalue weighted by Gasteiger charge is 2.23. The Morgan fingerprint density at radius 2 is 2.17 bits per heavy atom. The van der Waals surface area contributed by atoms with E-state index in [4.69, 9.17) is 4.74 Å². The molecule has 23 heavy (non-hydrogen) atoms. The molecule has 1 aliphatic heterocycles. The lowest BCUT2D eigenvalue weighted by Crippen LogP contribution is -2.40. The van der Waals surface area contributed by atoms with Crippen molar-refractivity contribution in [3.63, 3.8) is 0 Å². The number of amides is 1. The number of piperidine rings is 1. The van der Waals surface area contributed by atoms with Crippen molar-refractivity contribution in [2.24, 2.45) is 4.99 Å². The summed E-state index contributed by atoms with van der Waals surface area (Å²) in [5.74, 6) is 0.138. The monoisotopic (exact) mass is 315 g/mol. The third-order valence-corrected chi connectivity index (χ3v) is 4.13. The Hall–Kier alpha value is -2.50. The van der Waals surface area contributed by atoms with Crippen LogP contribution in [0.3, 0.4) is 0 Å². The van der Waals surface area contributed by atoms with Crippen molar-refractivity contribution in [3.05, 3.63) is 29.8 Å². The van der Waals surface area contributed by atoms with Crippen molar-refractivity contribution in [1.82, 2.24) is 9.88 Å². The molecule has 0 atom stereocenters. The number of benzene rings is 1. The molecule has 2 aromatic rings. The third-order valence-electron chi connectivity index (χ3n) is 4.13. The van der Waals surface area contributed by atoms with Gasteiger partial charge < -0.3 is 19.7 Å². The number of H-pyrrole nitrogens is 1. The number of carbonyl (C=O) groups excluding carboxylic acids is 1. The van der Waals surface area contributed by atoms with Crippen molar-refractivity contribution < 1.29 is 14.6 Å². The van der Waals surface area contributed by atoms with Gasteiger partial charge in [-0.25, -0.2) is 4.79 Å². The summed E-state index contributed by atoms with van der Waals surface area (Å²) in [5, 5.41) is 11.0. The topological polar surface area (TPSA) is 77.9 Å². The Kier molecular flexibility index (Phi) is 4.50. The predicted octanol–water partition coefficient (Wildman–Crippen LogP) is 2.91. The van der Waals surface area contributed by atoms with E-state index < -0.39 is 0 Å². The number of hydrogen-bond donors (Lipinski definition) is 2. The van der Waals surface area contributed by atoms with Crippen LogP contribution in [0.4, 0.5) is 4.79 Å². The number of nitrogens with zero attached hydrogens (tertiary/aromatic N) is 2. The Labute approximate surface area is 134 Å². The van der Waals surface area contributed by atoms with E-state index in [1.165, 1.54) is 0 Å². The maximum atomic E-state index is 11.7. The summed E-state index contributed by atoms with van der Waals surface area (Å²) in [6.45, 7) is 3.51. The molecular formula is C17H21N3O3. The Morgan fingerprint density at radius 1 is 1.43 bits per heavy atom. The molecular weight excluding hydrogens is 294 g/mol. The van der Waals surface area contributed by atoms with Crippen molar-refractivity contribution in [1.29, 1.82) is 0 Å². The highest BCUT2D eigenvalue weighted by molar-refractivity contribution is 6.01. The highest BCUT2D eigenvalue weighted by Crippen LogP contribution is 2.25. The van der Waals surface area contributed by atoms with Crippen LogP contribution in [0.25, 0.3) is 10.9 Å². The average Bonchev–Trinajstić information content (AvgIpc) is 2.89. The largest absolute Gasteiger partial charge is 0.494 e. The molecule has 1 aliphatic rings. The normalized spacial score (nSPS) is 16.3. The minimum Gasteiger partial charge on any atom is -0.494 e. The van der Waals surface area contributed by atoms with Crippen LogP contribution < -0.4 is 0 Å². The molecule has 1 fully saturated rings. The molecule has 2 N–H and O–H groups in total. The van der Waals surface area contributed by atoms with Crippen molar-refractivity contribution in [2.45, 2.75) is 25.8 Å². The summed E-state index contributed by atoms with van der Waals surface area (Å²) < 4.78 is 5.01. The van der Waals surface area contributed by atoms with Crippen molar-refractivity contribution in [2.75, 3.05) is 19.7 Å². The van der Waals surface area contributed by atoms with Gasteiger partial charge in [0.15, 0.2) is 5.88 Å². The number of aromatic nitrogens is 1. The van der Waals surface area contributed by atoms with Gasteiger partial charge in [0.25, 0.3) is 0 Å². The zero-order valence-electron chi connectivity index (χ0n) is 13.2. The van der Waals surface area contributed by atoms with Gasteiger partial charge in [0, 0.05) is 30.2 Å². The van der Waals surface area contributed by atoms with Gasteiger partial charge in [-0.05, 0) is 25.8 Å². The van der Waals surface area contributed by atoms with Gasteiger partial charge in [0.05, 0.1) is 18.2 Å². The summed E-state index contributed by atoms with van der Waals surface area (Å²) >= 11 is 0. The van der Waals surface area contributed by atoms with Crippen molar-refractivity contribution >= 4 is 23.2 Å². The fraction of sp³-hybridized carbons (Fsp3) is 0.412. The van der Waals surface area contributed by atoms with E-state index in [2.05, 4.69) is 9.98 Å². The zero-order valence-corrected chi connectivity index (χ0v) is 13.2. The van der Waals surface area contributed by atoms with Crippen molar-refractivity contribution in [3.8, 4) is 5.88 Å². The second-order valence-electron chi connectivity index (χ2n) is 5.63. The first-order valence-corrected chi connectivity index (χ1v) is 7.93. The highest BCUT2D eigenvalue weighted by atomic mass is 16.6. The van der Waals surface area contributed by atoms with Gasteiger partial charge in [-0.15, -0.1) is 0 Å². The van der Waals surface area contributed by atoms with Gasteiger partial charge in [0.1, 0.15) is 0 Å². The molecule has 122 valence electrons. The fourth-order valence-electron chi connectivity index (χ4n) is 2.87. The fourth-order valence-corrected chi connectivity index (χ4v) is 2.87. The van der Waals surface area contributed by atoms with Crippen LogP contribution in [0, 0.1) is 0 Å². The third kappa shape index (κ3) is 3.31. The average molecular weight is 315 g/mol. The number of ether oxygens (including phenoxy) is 1. The Morgan fingerprint density at radius 3 is 2.91 bits per heavy atom. The molecule has 2 heterocycles. The molecule has 1 saturated heterocycles. The zero-order chi connectivity index (χ0) is 16.2. The molecule has 0 radical (unpaired) electrons. The lowest BCUT2D eigenvalue weighted by molar-refractivity contribution is 0.0975. The number of carbonyl (C=O) groups is 1. The molecule has 0 saturated carbocycles. The standard InChI is InChI=1S/C17H21N3O3/c1-2-23-17(22)20-9-7-12(8-10-20)18-11-14-13-5-3-4-6-15(13)19-16(14)21/h3-6,11-12,19,21H,2,7-10H2,1H3. The van der Waals surface area contributed by atoms with Crippen LogP contribution in [0.5, 0.6) is 5.88 Å². The van der Waals surface area contributed by atoms with Gasteiger partial charge in [-0.2, -0.15) is 0 Å². The van der Waals surface area contributed by atoms with E-state index >= 15 is 0 Å². The lowest BCUT2D eigenvalue weighted by Gasteiger charge is -2.29. The number of likely N-dealkylation sites (tertiary alicyclic amines) is 1. The Bertz CT molecular complexity index is 715. The number of fused-ring (bicyclic) bond motifs is 1. The molecule has 6 nitrogen and oxygen atoms in total. The van der Waals surface area contributed by atoms with Gasteiger partial charge in [-0.3, -0.25) is 4.99 Å². The SMILES string of the molecule is CCOC(=O)N1CCC(N=Cc2c(O)[nH]c3ccccc23)CC1. The summed E-state index contributed by atoms with van der Waals surface area (Å²) in [7, 11) is 0. The number of nitrogens with one attached hydrogen (secondary N) is 1. The minimum atomic E-state index is -0.246. The van der Waals surface area contributed by atoms with E-state index in [1.54, 1.807) is 11.1 Å². The van der Waals surface area contributed by atoms with E-state index in [-0.39, 0.29) is 18.0 Å². The van der Waals surface area contributed by atoms with Gasteiger partial charge >= 0.3 is 6.09 Å². The van der Waals surface area contributed by atoms with Crippen LogP contribution in [0.1, 0.15) is 25.3 Å². The first kappa shape index (κ1) is 15.4. The van der Waals surface area contributed by atoms with Gasteiger partial charge in [0.2, 0.25) is 0 Å². The summed E-state index contributed by atoms with van der Waals surface area (Å²) in [6.07, 6.45) is 3.10. The van der Waals surface area contributed by atoms with Gasteiger partial charge in [-0.1, -0.05) is 18.2 Å². The number of aromatic amines is 1. The first-order valence-electron chi connectivity index (χ1n) is 7.93. The number of hydrogen-bond acceptors (Lipinski definition) is 4. The predicted molar refractivity (Wildman–Crippen MR) is 89.2 cm³/mol. The number of aliphatic imine (C=N–C) groups is 1. The molecule has 0 unspecified atom stereocenters. The summed E-state index contributed by atoms with van der Waals surface area (Å²) in [5.41, 5.74) is 1.61. The smallest absolute Gasteiger partial charge is 0.409 e. The van der Waals surface area contributed by atoms with Crippen LogP contribution in [-0.2, 0) is 4.74 Å². The second-order valence-corrected chi connectivity index (χ2v) is 5.63. The van der Waals surface area contributed by atoms with E-state index in [0.717, 1.165) is 23.7 Å². The molecule has 0 bridgehead atoms. The molecule has 1 amide bonds. The minimum absolute atomic E-state index is 0.138. The van der Waals surface area contributed by atoms with Crippen LogP contribution in [0.2, 0.25) is 0 Å². The van der Waals surface area contributed by atoms with Crippen LogP contribution in [-0.4, -0.2) is 53.0 Å². The Balaban J connectivity index is 1.65. The van der Waals surface area contributed by atoms with E-state index in [9.17, 15) is 9.90 Å². The molecule has 1 aromatic heterocycles. The molecule has 0 spiro atoms.